The molecule has 0 saturated heterocycles. The zero-order valence-electron chi connectivity index (χ0n) is 15.7. The summed E-state index contributed by atoms with van der Waals surface area (Å²) in [4.78, 5) is 19.8. The number of halogens is 2. The van der Waals surface area contributed by atoms with E-state index in [0.717, 1.165) is 5.69 Å². The molecule has 0 fully saturated rings. The molecule has 10 heteroatoms. The predicted octanol–water partition coefficient (Wildman–Crippen LogP) is 3.24. The number of rotatable bonds is 9. The highest BCUT2D eigenvalue weighted by Gasteiger charge is 2.05. The summed E-state index contributed by atoms with van der Waals surface area (Å²) in [5.74, 6) is 0.764. The van der Waals surface area contributed by atoms with E-state index in [-0.39, 0.29) is 30.7 Å². The van der Waals surface area contributed by atoms with Crippen molar-refractivity contribution in [2.75, 3.05) is 30.4 Å². The number of aliphatic hydroxyl groups is 1. The lowest BCUT2D eigenvalue weighted by atomic mass is 10.3. The lowest BCUT2D eigenvalue weighted by Crippen LogP contribution is -2.31. The molecule has 0 bridgehead atoms. The first-order chi connectivity index (χ1) is 14.5. The molecule has 0 radical (unpaired) electrons. The minimum absolute atomic E-state index is 0.0144. The van der Waals surface area contributed by atoms with Gasteiger partial charge in [0, 0.05) is 24.0 Å². The van der Waals surface area contributed by atoms with Crippen LogP contribution in [0.4, 0.5) is 27.4 Å². The molecular weight excluding hydrogens is 413 g/mol. The molecular formula is C20H19ClFN5O3. The van der Waals surface area contributed by atoms with Gasteiger partial charge in [-0.3, -0.25) is 4.79 Å². The van der Waals surface area contributed by atoms with Gasteiger partial charge in [-0.1, -0.05) is 11.6 Å². The molecule has 8 nitrogen and oxygen atoms in total. The second-order valence-electron chi connectivity index (χ2n) is 6.05. The quantitative estimate of drug-likeness (QED) is 0.412. The highest BCUT2D eigenvalue weighted by Crippen LogP contribution is 2.24. The number of benzene rings is 2. The van der Waals surface area contributed by atoms with E-state index < -0.39 is 5.82 Å². The average Bonchev–Trinajstić information content (AvgIpc) is 2.74. The third-order valence-electron chi connectivity index (χ3n) is 3.79. The summed E-state index contributed by atoms with van der Waals surface area (Å²) in [6, 6.07) is 12.9. The zero-order chi connectivity index (χ0) is 21.3. The van der Waals surface area contributed by atoms with Crippen LogP contribution < -0.4 is 20.7 Å². The first-order valence-corrected chi connectivity index (χ1v) is 9.33. The maximum absolute atomic E-state index is 13.3. The second-order valence-corrected chi connectivity index (χ2v) is 6.46. The van der Waals surface area contributed by atoms with E-state index >= 15 is 0 Å². The summed E-state index contributed by atoms with van der Waals surface area (Å²) in [5.41, 5.74) is 1.34. The van der Waals surface area contributed by atoms with Crippen molar-refractivity contribution in [3.05, 3.63) is 65.7 Å². The number of anilines is 4. The van der Waals surface area contributed by atoms with Crippen molar-refractivity contribution in [1.82, 2.24) is 15.3 Å². The fourth-order valence-electron chi connectivity index (χ4n) is 2.39. The summed E-state index contributed by atoms with van der Waals surface area (Å²) in [6.07, 6.45) is 1.39. The van der Waals surface area contributed by atoms with Gasteiger partial charge >= 0.3 is 0 Å². The molecule has 0 spiro atoms. The fourth-order valence-corrected chi connectivity index (χ4v) is 2.57. The maximum atomic E-state index is 13.3. The third-order valence-corrected chi connectivity index (χ3v) is 4.08. The zero-order valence-corrected chi connectivity index (χ0v) is 16.5. The predicted molar refractivity (Wildman–Crippen MR) is 112 cm³/mol. The lowest BCUT2D eigenvalue weighted by molar-refractivity contribution is -0.123. The first kappa shape index (κ1) is 21.3. The Morgan fingerprint density at radius 3 is 2.37 bits per heavy atom. The van der Waals surface area contributed by atoms with Gasteiger partial charge in [0.25, 0.3) is 5.91 Å². The monoisotopic (exact) mass is 431 g/mol. The van der Waals surface area contributed by atoms with Crippen molar-refractivity contribution in [3.8, 4) is 5.75 Å². The normalized spacial score (nSPS) is 10.4. The molecule has 4 N–H and O–H groups in total. The number of hydrogen-bond acceptors (Lipinski definition) is 7. The summed E-state index contributed by atoms with van der Waals surface area (Å²) >= 11 is 5.79. The van der Waals surface area contributed by atoms with Crippen LogP contribution in [0.2, 0.25) is 5.02 Å². The number of carbonyl (C=O) groups is 1. The SMILES string of the molecule is O=C(COc1ccc(Nc2cc(Nc3ccc(F)c(Cl)c3)ncn2)cc1)NCCO. The summed E-state index contributed by atoms with van der Waals surface area (Å²) in [6.45, 7) is -0.0693. The van der Waals surface area contributed by atoms with Crippen LogP contribution in [0.3, 0.4) is 0 Å². The van der Waals surface area contributed by atoms with Gasteiger partial charge in [-0.2, -0.15) is 0 Å². The Hall–Kier alpha value is -3.43. The number of ether oxygens (including phenoxy) is 1. The molecule has 0 aliphatic heterocycles. The molecule has 3 rings (SSSR count). The minimum atomic E-state index is -0.495. The van der Waals surface area contributed by atoms with Gasteiger partial charge in [0.15, 0.2) is 6.61 Å². The highest BCUT2D eigenvalue weighted by molar-refractivity contribution is 6.31. The molecule has 30 heavy (non-hydrogen) atoms. The van der Waals surface area contributed by atoms with Crippen molar-refractivity contribution in [2.45, 2.75) is 0 Å². The van der Waals surface area contributed by atoms with Gasteiger partial charge < -0.3 is 25.8 Å². The summed E-state index contributed by atoms with van der Waals surface area (Å²) in [7, 11) is 0. The molecule has 0 aliphatic carbocycles. The van der Waals surface area contributed by atoms with Crippen LogP contribution in [0.1, 0.15) is 0 Å². The fraction of sp³-hybridized carbons (Fsp3) is 0.150. The third kappa shape index (κ3) is 6.29. The van der Waals surface area contributed by atoms with Crippen LogP contribution in [-0.2, 0) is 4.79 Å². The standard InChI is InChI=1S/C20H19ClFN5O3/c21-16-9-14(3-6-17(16)22)27-19-10-18(24-12-25-19)26-13-1-4-15(5-2-13)30-11-20(29)23-7-8-28/h1-6,9-10,12,28H,7-8,11H2,(H,23,29)(H2,24,25,26,27). The number of carbonyl (C=O) groups excluding carboxylic acids is 1. The number of nitrogens with zero attached hydrogens (tertiary/aromatic N) is 2. The van der Waals surface area contributed by atoms with Crippen LogP contribution in [0.15, 0.2) is 54.9 Å². The molecule has 0 saturated carbocycles. The molecule has 0 unspecified atom stereocenters. The van der Waals surface area contributed by atoms with Gasteiger partial charge in [-0.05, 0) is 42.5 Å². The molecule has 0 atom stereocenters. The first-order valence-electron chi connectivity index (χ1n) is 8.95. The van der Waals surface area contributed by atoms with Gasteiger partial charge in [0.2, 0.25) is 0 Å². The Morgan fingerprint density at radius 2 is 1.70 bits per heavy atom. The molecule has 2 aromatic carbocycles. The Bertz CT molecular complexity index is 1000. The second kappa shape index (κ2) is 10.4. The number of hydrogen-bond donors (Lipinski definition) is 4. The van der Waals surface area contributed by atoms with Gasteiger partial charge in [0.1, 0.15) is 29.5 Å². The molecule has 1 heterocycles. The Morgan fingerprint density at radius 1 is 1.03 bits per heavy atom. The van der Waals surface area contributed by atoms with Crippen molar-refractivity contribution in [2.24, 2.45) is 0 Å². The van der Waals surface area contributed by atoms with Crippen molar-refractivity contribution in [3.63, 3.8) is 0 Å². The van der Waals surface area contributed by atoms with Gasteiger partial charge in [0.05, 0.1) is 11.6 Å². The van der Waals surface area contributed by atoms with Crippen LogP contribution in [-0.4, -0.2) is 40.7 Å². The van der Waals surface area contributed by atoms with E-state index in [1.54, 1.807) is 36.4 Å². The van der Waals surface area contributed by atoms with Crippen LogP contribution in [0.5, 0.6) is 5.75 Å². The van der Waals surface area contributed by atoms with Gasteiger partial charge in [-0.25, -0.2) is 14.4 Å². The molecule has 1 amide bonds. The number of amides is 1. The van der Waals surface area contributed by atoms with E-state index in [1.807, 2.05) is 0 Å². The summed E-state index contributed by atoms with van der Waals surface area (Å²) < 4.78 is 18.7. The van der Waals surface area contributed by atoms with Crippen LogP contribution in [0, 0.1) is 5.82 Å². The Labute approximate surface area is 177 Å². The molecule has 3 aromatic rings. The van der Waals surface area contributed by atoms with Crippen molar-refractivity contribution < 1.29 is 19.0 Å². The number of nitrogens with one attached hydrogen (secondary N) is 3. The minimum Gasteiger partial charge on any atom is -0.484 e. The summed E-state index contributed by atoms with van der Waals surface area (Å²) in [5, 5.41) is 17.4. The van der Waals surface area contributed by atoms with E-state index in [1.165, 1.54) is 18.5 Å². The van der Waals surface area contributed by atoms with E-state index in [0.29, 0.717) is 23.1 Å². The van der Waals surface area contributed by atoms with E-state index in [9.17, 15) is 9.18 Å². The molecule has 0 aliphatic rings. The van der Waals surface area contributed by atoms with Crippen molar-refractivity contribution in [1.29, 1.82) is 0 Å². The highest BCUT2D eigenvalue weighted by atomic mass is 35.5. The topological polar surface area (TPSA) is 108 Å². The number of aromatic nitrogens is 2. The van der Waals surface area contributed by atoms with E-state index in [2.05, 4.69) is 25.9 Å². The molecule has 156 valence electrons. The average molecular weight is 432 g/mol. The van der Waals surface area contributed by atoms with Gasteiger partial charge in [-0.15, -0.1) is 0 Å². The largest absolute Gasteiger partial charge is 0.484 e. The van der Waals surface area contributed by atoms with E-state index in [4.69, 9.17) is 21.4 Å². The Kier molecular flexibility index (Phi) is 7.36. The smallest absolute Gasteiger partial charge is 0.258 e. The lowest BCUT2D eigenvalue weighted by Gasteiger charge is -2.10. The number of aliphatic hydroxyl groups excluding tert-OH is 1. The maximum Gasteiger partial charge on any atom is 0.258 e. The molecule has 1 aromatic heterocycles. The van der Waals surface area contributed by atoms with Crippen LogP contribution >= 0.6 is 11.6 Å². The van der Waals surface area contributed by atoms with Crippen LogP contribution in [0.25, 0.3) is 0 Å². The van der Waals surface area contributed by atoms with Crippen molar-refractivity contribution >= 4 is 40.5 Å². The Balaban J connectivity index is 1.57.